The summed E-state index contributed by atoms with van der Waals surface area (Å²) in [5, 5.41) is 0. The molecule has 1 aromatic carbocycles. The van der Waals surface area contributed by atoms with Crippen LogP contribution >= 0.6 is 0 Å². The monoisotopic (exact) mass is 388 g/mol. The maximum Gasteiger partial charge on any atom is 0.0496 e. The lowest BCUT2D eigenvalue weighted by molar-refractivity contribution is 0.831. The highest BCUT2D eigenvalue weighted by Crippen LogP contribution is 2.29. The third kappa shape index (κ3) is 7.50. The predicted octanol–water partition coefficient (Wildman–Crippen LogP) is 7.58. The van der Waals surface area contributed by atoms with E-state index in [0.29, 0.717) is 0 Å². The highest BCUT2D eigenvalue weighted by atomic mass is 15.2. The van der Waals surface area contributed by atoms with Crippen molar-refractivity contribution in [2.24, 2.45) is 0 Å². The van der Waals surface area contributed by atoms with Crippen LogP contribution < -0.4 is 9.80 Å². The number of anilines is 2. The smallest absolute Gasteiger partial charge is 0.0496 e. The van der Waals surface area contributed by atoms with Gasteiger partial charge in [-0.15, -0.1) is 0 Å². The second-order valence-electron chi connectivity index (χ2n) is 6.71. The molecule has 0 N–H and O–H groups in total. The Bertz CT molecular complexity index is 806. The van der Waals surface area contributed by atoms with Crippen LogP contribution in [0, 0.1) is 0 Å². The van der Waals surface area contributed by atoms with Crippen molar-refractivity contribution < 1.29 is 0 Å². The van der Waals surface area contributed by atoms with Gasteiger partial charge in [-0.1, -0.05) is 74.8 Å². The number of allylic oxidation sites excluding steroid dienone is 9. The van der Waals surface area contributed by atoms with Gasteiger partial charge in [0.25, 0.3) is 0 Å². The number of hydrogen-bond donors (Lipinski definition) is 0. The van der Waals surface area contributed by atoms with E-state index in [-0.39, 0.29) is 6.04 Å². The highest BCUT2D eigenvalue weighted by molar-refractivity contribution is 5.66. The van der Waals surface area contributed by atoms with E-state index in [0.717, 1.165) is 29.2 Å². The van der Waals surface area contributed by atoms with Gasteiger partial charge in [-0.25, -0.2) is 0 Å². The third-order valence-corrected chi connectivity index (χ3v) is 4.54. The quantitative estimate of drug-likeness (QED) is 0.361. The van der Waals surface area contributed by atoms with Crippen LogP contribution in [0.25, 0.3) is 0 Å². The van der Waals surface area contributed by atoms with Gasteiger partial charge in [0.15, 0.2) is 0 Å². The van der Waals surface area contributed by atoms with Crippen molar-refractivity contribution in [1.82, 2.24) is 0 Å². The fourth-order valence-electron chi connectivity index (χ4n) is 2.94. The zero-order valence-corrected chi connectivity index (χ0v) is 18.7. The molecule has 154 valence electrons. The van der Waals surface area contributed by atoms with Crippen LogP contribution in [0.15, 0.2) is 110 Å². The average Bonchev–Trinajstić information content (AvgIpc) is 2.74. The molecule has 0 saturated heterocycles. The Morgan fingerprint density at radius 2 is 1.83 bits per heavy atom. The maximum atomic E-state index is 4.15. The largest absolute Gasteiger partial charge is 0.345 e. The second-order valence-corrected chi connectivity index (χ2v) is 6.71. The van der Waals surface area contributed by atoms with E-state index in [1.807, 2.05) is 26.1 Å². The SMILES string of the molecule is C=C/C=C\C(=C)N(C)c1cccc(N(C(/C=C\C)=C/C)C(C)/C=C\C=C/CC)c1. The van der Waals surface area contributed by atoms with Crippen LogP contribution in [0.2, 0.25) is 0 Å². The molecule has 2 nitrogen and oxygen atoms in total. The van der Waals surface area contributed by atoms with E-state index < -0.39 is 0 Å². The van der Waals surface area contributed by atoms with E-state index in [9.17, 15) is 0 Å². The summed E-state index contributed by atoms with van der Waals surface area (Å²) in [6.07, 6.45) is 21.6. The van der Waals surface area contributed by atoms with Crippen molar-refractivity contribution in [1.29, 1.82) is 0 Å². The van der Waals surface area contributed by atoms with Gasteiger partial charge in [0.05, 0.1) is 0 Å². The van der Waals surface area contributed by atoms with Crippen LogP contribution in [0.5, 0.6) is 0 Å². The lowest BCUT2D eigenvalue weighted by Gasteiger charge is -2.32. The molecule has 1 unspecified atom stereocenters. The maximum absolute atomic E-state index is 4.15. The summed E-state index contributed by atoms with van der Waals surface area (Å²) in [7, 11) is 2.03. The van der Waals surface area contributed by atoms with E-state index >= 15 is 0 Å². The lowest BCUT2D eigenvalue weighted by Crippen LogP contribution is -2.30. The van der Waals surface area contributed by atoms with Gasteiger partial charge >= 0.3 is 0 Å². The average molecular weight is 389 g/mol. The normalized spacial score (nSPS) is 13.6. The molecule has 0 saturated carbocycles. The molecule has 0 fully saturated rings. The molecule has 29 heavy (non-hydrogen) atoms. The highest BCUT2D eigenvalue weighted by Gasteiger charge is 2.16. The Kier molecular flexibility index (Phi) is 11.0. The second kappa shape index (κ2) is 13.2. The Morgan fingerprint density at radius 3 is 2.45 bits per heavy atom. The van der Waals surface area contributed by atoms with Crippen LogP contribution in [-0.4, -0.2) is 13.1 Å². The molecule has 0 amide bonds. The van der Waals surface area contributed by atoms with Crippen molar-refractivity contribution in [2.75, 3.05) is 16.8 Å². The Morgan fingerprint density at radius 1 is 1.10 bits per heavy atom. The molecule has 0 bridgehead atoms. The van der Waals surface area contributed by atoms with Crippen LogP contribution in [0.3, 0.4) is 0 Å². The minimum absolute atomic E-state index is 0.198. The molecule has 1 atom stereocenters. The Balaban J connectivity index is 3.33. The first-order valence-electron chi connectivity index (χ1n) is 10.2. The van der Waals surface area contributed by atoms with Gasteiger partial charge in [-0.2, -0.15) is 0 Å². The van der Waals surface area contributed by atoms with E-state index in [4.69, 9.17) is 0 Å². The van der Waals surface area contributed by atoms with Crippen LogP contribution in [0.1, 0.15) is 34.1 Å². The van der Waals surface area contributed by atoms with Crippen LogP contribution in [-0.2, 0) is 0 Å². The number of likely N-dealkylation sites (N-methyl/N-ethyl adjacent to an activating group) is 1. The van der Waals surface area contributed by atoms with Gasteiger partial charge in [-0.3, -0.25) is 0 Å². The Hall–Kier alpha value is -3.00. The molecule has 0 aromatic heterocycles. The van der Waals surface area contributed by atoms with Gasteiger partial charge in [0.1, 0.15) is 0 Å². The molecule has 0 aliphatic carbocycles. The topological polar surface area (TPSA) is 6.48 Å². The van der Waals surface area contributed by atoms with Gasteiger partial charge in [0, 0.05) is 35.9 Å². The van der Waals surface area contributed by atoms with Gasteiger partial charge in [-0.05, 0) is 57.5 Å². The summed E-state index contributed by atoms with van der Waals surface area (Å²) in [4.78, 5) is 4.42. The molecule has 0 aliphatic heterocycles. The summed E-state index contributed by atoms with van der Waals surface area (Å²) < 4.78 is 0. The first kappa shape index (κ1) is 24.0. The van der Waals surface area contributed by atoms with E-state index in [1.54, 1.807) is 6.08 Å². The molecule has 0 radical (unpaired) electrons. The molecular formula is C27H36N2. The van der Waals surface area contributed by atoms with E-state index in [2.05, 4.69) is 111 Å². The molecule has 0 heterocycles. The van der Waals surface area contributed by atoms with Crippen LogP contribution in [0.4, 0.5) is 11.4 Å². The molecule has 1 aromatic rings. The fraction of sp³-hybridized carbons (Fsp3) is 0.259. The first-order chi connectivity index (χ1) is 14.0. The molecular weight excluding hydrogens is 352 g/mol. The summed E-state index contributed by atoms with van der Waals surface area (Å²) in [5.74, 6) is 0. The first-order valence-corrected chi connectivity index (χ1v) is 10.2. The van der Waals surface area contributed by atoms with Crippen molar-refractivity contribution in [2.45, 2.75) is 40.2 Å². The Labute approximate surface area is 178 Å². The number of benzene rings is 1. The number of nitrogens with zero attached hydrogens (tertiary/aromatic N) is 2. The molecule has 0 spiro atoms. The van der Waals surface area contributed by atoms with Crippen molar-refractivity contribution in [3.63, 3.8) is 0 Å². The van der Waals surface area contributed by atoms with Gasteiger partial charge in [0.2, 0.25) is 0 Å². The molecule has 0 aliphatic rings. The third-order valence-electron chi connectivity index (χ3n) is 4.54. The van der Waals surface area contributed by atoms with Crippen molar-refractivity contribution in [3.05, 3.63) is 110 Å². The van der Waals surface area contributed by atoms with Crippen molar-refractivity contribution >= 4 is 11.4 Å². The number of hydrogen-bond acceptors (Lipinski definition) is 2. The van der Waals surface area contributed by atoms with E-state index in [1.165, 1.54) is 0 Å². The standard InChI is InChI=1S/C27H36N2/c1-8-12-14-15-19-24(6)29(25(11-4)17-10-3)27-21-16-20-26(22-27)28(7)23(5)18-13-9-2/h9-22,24H,2,5,8H2,1,3-4,6-7H3/b14-12-,17-10-,18-13-,19-15-,25-11+. The summed E-state index contributed by atoms with van der Waals surface area (Å²) in [5.41, 5.74) is 4.29. The minimum Gasteiger partial charge on any atom is -0.345 e. The predicted molar refractivity (Wildman–Crippen MR) is 132 cm³/mol. The zero-order valence-electron chi connectivity index (χ0n) is 18.7. The minimum atomic E-state index is 0.198. The zero-order chi connectivity index (χ0) is 21.6. The molecule has 1 rings (SSSR count). The lowest BCUT2D eigenvalue weighted by atomic mass is 10.1. The summed E-state index contributed by atoms with van der Waals surface area (Å²) >= 11 is 0. The summed E-state index contributed by atoms with van der Waals surface area (Å²) in [6, 6.07) is 8.74. The van der Waals surface area contributed by atoms with Gasteiger partial charge < -0.3 is 9.80 Å². The number of rotatable bonds is 11. The summed E-state index contributed by atoms with van der Waals surface area (Å²) in [6.45, 7) is 16.4. The fourth-order valence-corrected chi connectivity index (χ4v) is 2.94. The molecule has 2 heteroatoms. The van der Waals surface area contributed by atoms with Crippen molar-refractivity contribution in [3.8, 4) is 0 Å².